The maximum Gasteiger partial charge on any atom is 0.306 e. The molecule has 2 rings (SSSR count). The topological polar surface area (TPSA) is 127 Å². The largest absolute Gasteiger partial charge is 0.463 e. The van der Waals surface area contributed by atoms with Gasteiger partial charge in [0.1, 0.15) is 0 Å². The number of aliphatic hydroxyl groups excluding tert-OH is 5. The van der Waals surface area contributed by atoms with Crippen molar-refractivity contribution < 1.29 is 35.1 Å². The molecule has 0 amide bonds. The van der Waals surface area contributed by atoms with Crippen LogP contribution in [0.5, 0.6) is 0 Å². The van der Waals surface area contributed by atoms with Crippen LogP contribution in [0.4, 0.5) is 0 Å². The Hall–Kier alpha value is -1.77. The van der Waals surface area contributed by atoms with Crippen molar-refractivity contribution in [1.29, 1.82) is 0 Å². The van der Waals surface area contributed by atoms with Crippen molar-refractivity contribution in [2.24, 2.45) is 11.8 Å². The van der Waals surface area contributed by atoms with E-state index in [1.165, 1.54) is 12.5 Å². The van der Waals surface area contributed by atoms with Crippen LogP contribution in [0.1, 0.15) is 77.7 Å². The Bertz CT molecular complexity index is 720. The number of hydrogen-bond donors (Lipinski definition) is 5. The molecule has 1 aromatic rings. The number of ether oxygens (including phenoxy) is 1. The van der Waals surface area contributed by atoms with Gasteiger partial charge in [0, 0.05) is 6.42 Å². The molecule has 206 valence electrons. The first-order valence-corrected chi connectivity index (χ1v) is 13.4. The molecule has 0 spiro atoms. The Morgan fingerprint density at radius 1 is 1.03 bits per heavy atom. The van der Waals surface area contributed by atoms with Gasteiger partial charge in [0.2, 0.25) is 0 Å². The Morgan fingerprint density at radius 3 is 2.28 bits per heavy atom. The summed E-state index contributed by atoms with van der Waals surface area (Å²) in [5, 5.41) is 47.2. The molecule has 36 heavy (non-hydrogen) atoms. The number of rotatable bonds is 14. The zero-order valence-electron chi connectivity index (χ0n) is 22.2. The molecule has 6 atom stereocenters. The second-order valence-electron chi connectivity index (χ2n) is 10.1. The van der Waals surface area contributed by atoms with Gasteiger partial charge in [-0.2, -0.15) is 0 Å². The SMILES string of the molecule is CC(C)OC(=O)CCC/C=C\C[C@@H]1[C@@H](CC[C@@H](O)CCc2ccccc2)[C@H](O)C[C@@H]1O.CC(O)CO. The summed E-state index contributed by atoms with van der Waals surface area (Å²) in [7, 11) is 0. The van der Waals surface area contributed by atoms with Crippen molar-refractivity contribution in [2.45, 2.75) is 109 Å². The summed E-state index contributed by atoms with van der Waals surface area (Å²) in [4.78, 5) is 11.5. The summed E-state index contributed by atoms with van der Waals surface area (Å²) in [6, 6.07) is 10.1. The van der Waals surface area contributed by atoms with Crippen LogP contribution < -0.4 is 0 Å². The van der Waals surface area contributed by atoms with Gasteiger partial charge in [-0.15, -0.1) is 0 Å². The van der Waals surface area contributed by atoms with Crippen molar-refractivity contribution in [1.82, 2.24) is 0 Å². The van der Waals surface area contributed by atoms with Crippen LogP contribution in [-0.2, 0) is 16.0 Å². The van der Waals surface area contributed by atoms with Crippen molar-refractivity contribution in [2.75, 3.05) is 6.61 Å². The molecule has 1 saturated carbocycles. The van der Waals surface area contributed by atoms with E-state index in [1.54, 1.807) is 0 Å². The number of unbranched alkanes of at least 4 members (excludes halogenated alkanes) is 1. The van der Waals surface area contributed by atoms with E-state index in [0.29, 0.717) is 38.5 Å². The van der Waals surface area contributed by atoms with Crippen LogP contribution in [-0.4, -0.2) is 68.6 Å². The molecule has 7 nitrogen and oxygen atoms in total. The average molecular weight is 509 g/mol. The molecular formula is C29H48O7. The second-order valence-corrected chi connectivity index (χ2v) is 10.1. The summed E-state index contributed by atoms with van der Waals surface area (Å²) >= 11 is 0. The van der Waals surface area contributed by atoms with Crippen LogP contribution >= 0.6 is 0 Å². The van der Waals surface area contributed by atoms with Gasteiger partial charge in [-0.25, -0.2) is 0 Å². The van der Waals surface area contributed by atoms with Crippen molar-refractivity contribution in [3.8, 4) is 0 Å². The lowest BCUT2D eigenvalue weighted by atomic mass is 9.85. The van der Waals surface area contributed by atoms with Crippen molar-refractivity contribution in [3.05, 3.63) is 48.0 Å². The molecule has 0 aliphatic heterocycles. The lowest BCUT2D eigenvalue weighted by Crippen LogP contribution is -2.23. The van der Waals surface area contributed by atoms with Crippen LogP contribution in [0, 0.1) is 11.8 Å². The molecule has 0 aromatic heterocycles. The Kier molecular flexibility index (Phi) is 16.6. The second kappa shape index (κ2) is 18.5. The summed E-state index contributed by atoms with van der Waals surface area (Å²) < 4.78 is 5.12. The predicted octanol–water partition coefficient (Wildman–Crippen LogP) is 3.55. The van der Waals surface area contributed by atoms with E-state index in [-0.39, 0.29) is 30.5 Å². The fourth-order valence-electron chi connectivity index (χ4n) is 4.47. The third kappa shape index (κ3) is 14.1. The lowest BCUT2D eigenvalue weighted by molar-refractivity contribution is -0.147. The van der Waals surface area contributed by atoms with Gasteiger partial charge in [-0.1, -0.05) is 42.5 Å². The van der Waals surface area contributed by atoms with E-state index in [1.807, 2.05) is 38.1 Å². The minimum Gasteiger partial charge on any atom is -0.463 e. The number of aryl methyl sites for hydroxylation is 1. The first kappa shape index (κ1) is 32.3. The minimum atomic E-state index is -0.560. The molecule has 0 radical (unpaired) electrons. The maximum absolute atomic E-state index is 11.5. The molecular weight excluding hydrogens is 460 g/mol. The predicted molar refractivity (Wildman–Crippen MR) is 141 cm³/mol. The Morgan fingerprint density at radius 2 is 1.67 bits per heavy atom. The Balaban J connectivity index is 0.00000118. The van der Waals surface area contributed by atoms with Gasteiger partial charge in [0.25, 0.3) is 0 Å². The number of esters is 1. The highest BCUT2D eigenvalue weighted by Gasteiger charge is 2.40. The molecule has 1 fully saturated rings. The lowest BCUT2D eigenvalue weighted by Gasteiger charge is -2.23. The first-order valence-electron chi connectivity index (χ1n) is 13.4. The quantitative estimate of drug-likeness (QED) is 0.148. The van der Waals surface area contributed by atoms with Gasteiger partial charge in [0.15, 0.2) is 0 Å². The van der Waals surface area contributed by atoms with Crippen molar-refractivity contribution >= 4 is 5.97 Å². The molecule has 5 N–H and O–H groups in total. The molecule has 1 aliphatic rings. The molecule has 1 aliphatic carbocycles. The third-order valence-electron chi connectivity index (χ3n) is 6.42. The standard InChI is InChI=1S/C26H40O5.C3H8O2/c1-19(2)31-26(30)13-9-4-3-8-12-22-23(25(29)18-24(22)28)17-16-21(27)15-14-20-10-6-5-7-11-20;1-3(5)2-4/h3,5-8,10-11,19,21-25,27-29H,4,9,12-18H2,1-2H3;3-5H,2H2,1H3/b8-3-;/t21-,22+,23+,24-,25+;/m0./s1. The number of hydrogen-bond acceptors (Lipinski definition) is 7. The summed E-state index contributed by atoms with van der Waals surface area (Å²) in [6.45, 7) is 5.08. The van der Waals surface area contributed by atoms with Gasteiger partial charge in [-0.05, 0) is 89.5 Å². The number of allylic oxidation sites excluding steroid dienone is 2. The summed E-state index contributed by atoms with van der Waals surface area (Å²) in [5.41, 5.74) is 1.22. The van der Waals surface area contributed by atoms with Gasteiger partial charge in [-0.3, -0.25) is 4.79 Å². The Labute approximate surface area is 216 Å². The van der Waals surface area contributed by atoms with E-state index in [0.717, 1.165) is 19.3 Å². The highest BCUT2D eigenvalue weighted by molar-refractivity contribution is 5.69. The van der Waals surface area contributed by atoms with Gasteiger partial charge >= 0.3 is 5.97 Å². The average Bonchev–Trinajstić information content (AvgIpc) is 3.10. The fraction of sp³-hybridized carbons (Fsp3) is 0.690. The third-order valence-corrected chi connectivity index (χ3v) is 6.42. The van der Waals surface area contributed by atoms with E-state index in [4.69, 9.17) is 14.9 Å². The van der Waals surface area contributed by atoms with E-state index in [9.17, 15) is 20.1 Å². The zero-order chi connectivity index (χ0) is 26.9. The molecule has 0 saturated heterocycles. The highest BCUT2D eigenvalue weighted by Crippen LogP contribution is 2.38. The number of carbonyl (C=O) groups is 1. The maximum atomic E-state index is 11.5. The van der Waals surface area contributed by atoms with Crippen molar-refractivity contribution in [3.63, 3.8) is 0 Å². The molecule has 1 aromatic carbocycles. The highest BCUT2D eigenvalue weighted by atomic mass is 16.5. The van der Waals surface area contributed by atoms with Crippen LogP contribution in [0.25, 0.3) is 0 Å². The van der Waals surface area contributed by atoms with Gasteiger partial charge in [0.05, 0.1) is 37.1 Å². The number of aliphatic hydroxyl groups is 5. The molecule has 7 heteroatoms. The monoisotopic (exact) mass is 508 g/mol. The number of benzene rings is 1. The number of carbonyl (C=O) groups excluding carboxylic acids is 1. The summed E-state index contributed by atoms with van der Waals surface area (Å²) in [5.74, 6) is -0.144. The minimum absolute atomic E-state index is 0.00652. The fourth-order valence-corrected chi connectivity index (χ4v) is 4.47. The van der Waals surface area contributed by atoms with E-state index >= 15 is 0 Å². The first-order chi connectivity index (χ1) is 17.1. The molecule has 1 unspecified atom stereocenters. The zero-order valence-corrected chi connectivity index (χ0v) is 22.2. The van der Waals surface area contributed by atoms with Crippen LogP contribution in [0.3, 0.4) is 0 Å². The van der Waals surface area contributed by atoms with Gasteiger partial charge < -0.3 is 30.3 Å². The molecule has 0 bridgehead atoms. The van der Waals surface area contributed by atoms with E-state index < -0.39 is 24.4 Å². The normalized spacial score (nSPS) is 23.4. The van der Waals surface area contributed by atoms with E-state index in [2.05, 4.69) is 18.2 Å². The van der Waals surface area contributed by atoms with Crippen LogP contribution in [0.15, 0.2) is 42.5 Å². The summed E-state index contributed by atoms with van der Waals surface area (Å²) in [6.07, 6.45) is 8.02. The van der Waals surface area contributed by atoms with Crippen LogP contribution in [0.2, 0.25) is 0 Å². The smallest absolute Gasteiger partial charge is 0.306 e. The molecule has 0 heterocycles.